The van der Waals surface area contributed by atoms with Crippen molar-refractivity contribution < 1.29 is 14.3 Å². The number of aliphatic imine (C=N–C) groups is 1. The lowest BCUT2D eigenvalue weighted by atomic mass is 10.1. The summed E-state index contributed by atoms with van der Waals surface area (Å²) in [6, 6.07) is 27.9. The first-order valence-electron chi connectivity index (χ1n) is 13.4. The van der Waals surface area contributed by atoms with Crippen molar-refractivity contribution in [3.8, 4) is 22.7 Å². The van der Waals surface area contributed by atoms with Crippen LogP contribution in [0.5, 0.6) is 5.75 Å². The molecule has 1 fully saturated rings. The van der Waals surface area contributed by atoms with Crippen LogP contribution >= 0.6 is 11.8 Å². The number of aromatic nitrogens is 2. The Kier molecular flexibility index (Phi) is 7.53. The van der Waals surface area contributed by atoms with E-state index in [2.05, 4.69) is 9.89 Å². The third-order valence-electron chi connectivity index (χ3n) is 6.71. The number of hydrogen-bond donors (Lipinski definition) is 0. The van der Waals surface area contributed by atoms with E-state index in [1.54, 1.807) is 0 Å². The second-order valence-electron chi connectivity index (χ2n) is 9.99. The number of rotatable bonds is 6. The molecule has 4 aromatic rings. The van der Waals surface area contributed by atoms with Crippen LogP contribution < -0.4 is 4.74 Å². The fraction of sp³-hybridized carbons (Fsp3) is 0.219. The van der Waals surface area contributed by atoms with Gasteiger partial charge in [0.1, 0.15) is 18.1 Å². The van der Waals surface area contributed by atoms with Crippen LogP contribution in [-0.4, -0.2) is 51.1 Å². The number of amidine groups is 1. The zero-order valence-electron chi connectivity index (χ0n) is 22.4. The normalized spacial score (nSPS) is 20.1. The van der Waals surface area contributed by atoms with Crippen LogP contribution in [0.4, 0.5) is 0 Å². The van der Waals surface area contributed by atoms with Gasteiger partial charge in [-0.25, -0.2) is 4.68 Å². The Morgan fingerprint density at radius 1 is 0.975 bits per heavy atom. The number of thioether (sulfide) groups is 1. The summed E-state index contributed by atoms with van der Waals surface area (Å²) in [4.78, 5) is 20.1. The van der Waals surface area contributed by atoms with Crippen LogP contribution in [0.2, 0.25) is 0 Å². The number of nitrogens with zero attached hydrogens (tertiary/aromatic N) is 4. The average molecular weight is 551 g/mol. The highest BCUT2D eigenvalue weighted by molar-refractivity contribution is 8.18. The molecule has 2 aliphatic heterocycles. The standard InChI is InChI=1S/C32H30N4O3S/c1-22-18-35(19-23(2)39-22)32-33-31(37)29(40-32)17-26-20-36(27-13-7-4-8-14-27)34-30(26)25-12-9-15-28(16-25)38-21-24-10-5-3-6-11-24/h3-17,20,22-23H,18-19,21H2,1-2H3/b29-17-/t22-,23-/m1/s1. The molecule has 1 saturated heterocycles. The molecule has 0 aliphatic carbocycles. The molecule has 0 spiro atoms. The monoisotopic (exact) mass is 550 g/mol. The molecule has 2 atom stereocenters. The largest absolute Gasteiger partial charge is 0.489 e. The molecular weight excluding hydrogens is 520 g/mol. The molecule has 8 heteroatoms. The van der Waals surface area contributed by atoms with E-state index >= 15 is 0 Å². The highest BCUT2D eigenvalue weighted by Gasteiger charge is 2.31. The fourth-order valence-electron chi connectivity index (χ4n) is 4.91. The van der Waals surface area contributed by atoms with Crippen molar-refractivity contribution in [1.82, 2.24) is 14.7 Å². The third kappa shape index (κ3) is 5.88. The molecule has 1 aromatic heterocycles. The maximum absolute atomic E-state index is 13.0. The van der Waals surface area contributed by atoms with Crippen molar-refractivity contribution >= 4 is 28.9 Å². The first kappa shape index (κ1) is 26.1. The first-order chi connectivity index (χ1) is 19.5. The number of morpholine rings is 1. The summed E-state index contributed by atoms with van der Waals surface area (Å²) in [5, 5.41) is 5.67. The molecule has 0 saturated carbocycles. The van der Waals surface area contributed by atoms with E-state index in [0.29, 0.717) is 24.6 Å². The second kappa shape index (κ2) is 11.5. The van der Waals surface area contributed by atoms with E-state index < -0.39 is 0 Å². The highest BCUT2D eigenvalue weighted by atomic mass is 32.2. The Hall–Kier alpha value is -4.14. The number of carbonyl (C=O) groups is 1. The summed E-state index contributed by atoms with van der Waals surface area (Å²) in [6.45, 7) is 5.99. The average Bonchev–Trinajstić information content (AvgIpc) is 3.56. The Bertz CT molecular complexity index is 1560. The van der Waals surface area contributed by atoms with Crippen LogP contribution in [-0.2, 0) is 16.1 Å². The molecule has 1 amide bonds. The van der Waals surface area contributed by atoms with E-state index in [1.165, 1.54) is 11.8 Å². The molecule has 3 aromatic carbocycles. The first-order valence-corrected chi connectivity index (χ1v) is 14.2. The van der Waals surface area contributed by atoms with Crippen molar-refractivity contribution in [2.24, 2.45) is 4.99 Å². The summed E-state index contributed by atoms with van der Waals surface area (Å²) in [7, 11) is 0. The molecule has 7 nitrogen and oxygen atoms in total. The van der Waals surface area contributed by atoms with E-state index in [4.69, 9.17) is 14.6 Å². The van der Waals surface area contributed by atoms with Crippen LogP contribution in [0.3, 0.4) is 0 Å². The zero-order valence-corrected chi connectivity index (χ0v) is 23.3. The quantitative estimate of drug-likeness (QED) is 0.266. The molecule has 40 heavy (non-hydrogen) atoms. The Morgan fingerprint density at radius 3 is 2.45 bits per heavy atom. The molecule has 202 valence electrons. The Morgan fingerprint density at radius 2 is 1.70 bits per heavy atom. The maximum Gasteiger partial charge on any atom is 0.286 e. The predicted octanol–water partition coefficient (Wildman–Crippen LogP) is 6.20. The van der Waals surface area contributed by atoms with Gasteiger partial charge < -0.3 is 14.4 Å². The van der Waals surface area contributed by atoms with Gasteiger partial charge in [0.2, 0.25) is 0 Å². The van der Waals surface area contributed by atoms with Gasteiger partial charge >= 0.3 is 0 Å². The van der Waals surface area contributed by atoms with Crippen LogP contribution in [0, 0.1) is 0 Å². The van der Waals surface area contributed by atoms with Gasteiger partial charge in [-0.2, -0.15) is 10.1 Å². The lowest BCUT2D eigenvalue weighted by molar-refractivity contribution is -0.113. The number of hydrogen-bond acceptors (Lipinski definition) is 6. The van der Waals surface area contributed by atoms with Gasteiger partial charge in [-0.15, -0.1) is 0 Å². The van der Waals surface area contributed by atoms with E-state index in [-0.39, 0.29) is 18.1 Å². The Balaban J connectivity index is 1.31. The van der Waals surface area contributed by atoms with Gasteiger partial charge in [-0.05, 0) is 61.5 Å². The Labute approximate surface area is 238 Å². The molecule has 6 rings (SSSR count). The summed E-state index contributed by atoms with van der Waals surface area (Å²) < 4.78 is 13.8. The smallest absolute Gasteiger partial charge is 0.286 e. The molecular formula is C32H30N4O3S. The fourth-order valence-corrected chi connectivity index (χ4v) is 5.84. The van der Waals surface area contributed by atoms with Gasteiger partial charge in [0.15, 0.2) is 5.17 Å². The number of ether oxygens (including phenoxy) is 2. The van der Waals surface area contributed by atoms with Gasteiger partial charge in [-0.1, -0.05) is 60.7 Å². The van der Waals surface area contributed by atoms with E-state index in [9.17, 15) is 4.79 Å². The van der Waals surface area contributed by atoms with Gasteiger partial charge in [0, 0.05) is 30.4 Å². The summed E-state index contributed by atoms with van der Waals surface area (Å²) in [5.74, 6) is 0.520. The number of carbonyl (C=O) groups excluding carboxylic acids is 1. The lowest BCUT2D eigenvalue weighted by Crippen LogP contribution is -2.47. The van der Waals surface area contributed by atoms with Crippen LogP contribution in [0.25, 0.3) is 23.0 Å². The summed E-state index contributed by atoms with van der Waals surface area (Å²) in [5.41, 5.74) is 4.53. The number of para-hydroxylation sites is 1. The van der Waals surface area contributed by atoms with E-state index in [1.807, 2.05) is 116 Å². The topological polar surface area (TPSA) is 69.0 Å². The number of amides is 1. The maximum atomic E-state index is 13.0. The van der Waals surface area contributed by atoms with Gasteiger partial charge in [0.05, 0.1) is 22.8 Å². The SMILES string of the molecule is C[C@@H]1CN(C2=NC(=O)/C(=C/c3cn(-c4ccccc4)nc3-c3cccc(OCc4ccccc4)c3)S2)C[C@@H](C)O1. The van der Waals surface area contributed by atoms with Crippen LogP contribution in [0.1, 0.15) is 25.0 Å². The minimum absolute atomic E-state index is 0.0854. The van der Waals surface area contributed by atoms with Crippen molar-refractivity contribution in [1.29, 1.82) is 0 Å². The minimum atomic E-state index is -0.231. The molecule has 0 bridgehead atoms. The number of benzene rings is 3. The highest BCUT2D eigenvalue weighted by Crippen LogP contribution is 2.35. The third-order valence-corrected chi connectivity index (χ3v) is 7.75. The van der Waals surface area contributed by atoms with Crippen molar-refractivity contribution in [3.63, 3.8) is 0 Å². The van der Waals surface area contributed by atoms with Crippen molar-refractivity contribution in [3.05, 3.63) is 107 Å². The molecule has 0 N–H and O–H groups in total. The van der Waals surface area contributed by atoms with Crippen molar-refractivity contribution in [2.75, 3.05) is 13.1 Å². The molecule has 0 unspecified atom stereocenters. The van der Waals surface area contributed by atoms with Crippen molar-refractivity contribution in [2.45, 2.75) is 32.7 Å². The molecule has 2 aliphatic rings. The van der Waals surface area contributed by atoms with E-state index in [0.717, 1.165) is 39.0 Å². The minimum Gasteiger partial charge on any atom is -0.489 e. The predicted molar refractivity (Wildman–Crippen MR) is 159 cm³/mol. The van der Waals surface area contributed by atoms with Gasteiger partial charge in [0.25, 0.3) is 5.91 Å². The van der Waals surface area contributed by atoms with Crippen LogP contribution in [0.15, 0.2) is 101 Å². The van der Waals surface area contributed by atoms with Gasteiger partial charge in [-0.3, -0.25) is 4.79 Å². The summed E-state index contributed by atoms with van der Waals surface area (Å²) in [6.07, 6.45) is 4.03. The molecule has 3 heterocycles. The molecule has 0 radical (unpaired) electrons. The zero-order chi connectivity index (χ0) is 27.5. The lowest BCUT2D eigenvalue weighted by Gasteiger charge is -2.35. The summed E-state index contributed by atoms with van der Waals surface area (Å²) >= 11 is 1.41. The second-order valence-corrected chi connectivity index (χ2v) is 11.0.